The average molecular weight is 460 g/mol. The quantitative estimate of drug-likeness (QED) is 0.425. The smallest absolute Gasteiger partial charge is 0.335 e. The summed E-state index contributed by atoms with van der Waals surface area (Å²) < 4.78 is 1.90. The lowest BCUT2D eigenvalue weighted by Crippen LogP contribution is -2.30. The maximum Gasteiger partial charge on any atom is 0.335 e. The number of hydrogen-bond acceptors (Lipinski definition) is 4. The molecule has 1 aliphatic rings. The minimum Gasteiger partial charge on any atom is -0.494 e. The largest absolute Gasteiger partial charge is 0.494 e. The molecule has 0 radical (unpaired) electrons. The van der Waals surface area contributed by atoms with Crippen LogP contribution in [-0.2, 0) is 0 Å². The molecule has 0 saturated carbocycles. The molecule has 0 bridgehead atoms. The molecule has 4 aromatic rings. The fourth-order valence-electron chi connectivity index (χ4n) is 3.55. The molecule has 0 fully saturated rings. The summed E-state index contributed by atoms with van der Waals surface area (Å²) in [5, 5.41) is 12.3. The van der Waals surface area contributed by atoms with Crippen LogP contribution in [0.4, 0.5) is 5.69 Å². The van der Waals surface area contributed by atoms with Crippen LogP contribution in [0.3, 0.4) is 0 Å². The highest BCUT2D eigenvalue weighted by Crippen LogP contribution is 2.31. The summed E-state index contributed by atoms with van der Waals surface area (Å²) in [5.74, 6) is -0.420. The average Bonchev–Trinajstić information content (AvgIpc) is 3.10. The molecule has 3 aromatic carbocycles. The molecule has 2 heterocycles. The lowest BCUT2D eigenvalue weighted by atomic mass is 10.0. The van der Waals surface area contributed by atoms with Crippen molar-refractivity contribution in [2.45, 2.75) is 0 Å². The van der Waals surface area contributed by atoms with E-state index in [0.29, 0.717) is 10.9 Å². The lowest BCUT2D eigenvalue weighted by Gasteiger charge is -2.10. The molecule has 2 N–H and O–H groups in total. The van der Waals surface area contributed by atoms with Crippen molar-refractivity contribution in [2.75, 3.05) is 0 Å². The van der Waals surface area contributed by atoms with Crippen LogP contribution >= 0.6 is 15.9 Å². The minimum atomic E-state index is -0.710. The van der Waals surface area contributed by atoms with E-state index >= 15 is 0 Å². The first-order chi connectivity index (χ1) is 14.5. The summed E-state index contributed by atoms with van der Waals surface area (Å²) in [5.41, 5.74) is 1.94. The molecule has 6 nitrogen and oxygen atoms in total. The number of hydrogen-bond donors (Lipinski definition) is 2. The van der Waals surface area contributed by atoms with Gasteiger partial charge in [-0.05, 0) is 53.8 Å². The van der Waals surface area contributed by atoms with Crippen LogP contribution in [0.2, 0.25) is 0 Å². The van der Waals surface area contributed by atoms with E-state index in [-0.39, 0.29) is 5.56 Å². The zero-order chi connectivity index (χ0) is 20.8. The number of halogens is 1. The van der Waals surface area contributed by atoms with Gasteiger partial charge in [-0.15, -0.1) is 0 Å². The fourth-order valence-corrected chi connectivity index (χ4v) is 3.81. The maximum absolute atomic E-state index is 12.4. The van der Waals surface area contributed by atoms with Gasteiger partial charge >= 0.3 is 5.69 Å². The van der Waals surface area contributed by atoms with Crippen molar-refractivity contribution in [1.29, 1.82) is 0 Å². The number of aromatic nitrogens is 2. The Hall–Kier alpha value is -3.71. The number of benzene rings is 3. The fraction of sp³-hybridized carbons (Fsp3) is 0. The SMILES string of the molecule is O=c1[nH]c(=O)n(-c2ccc(Br)cc2)c(O)c1C=c1ccc2c(c1)-c1ccccc1N=2. The summed E-state index contributed by atoms with van der Waals surface area (Å²) in [6.07, 6.45) is 1.56. The second-order valence-corrected chi connectivity index (χ2v) is 7.77. The monoisotopic (exact) mass is 459 g/mol. The molecule has 30 heavy (non-hydrogen) atoms. The van der Waals surface area contributed by atoms with Crippen molar-refractivity contribution in [3.8, 4) is 22.7 Å². The first-order valence-electron chi connectivity index (χ1n) is 9.15. The summed E-state index contributed by atoms with van der Waals surface area (Å²) in [6.45, 7) is 0. The zero-order valence-electron chi connectivity index (χ0n) is 15.5. The number of aromatic amines is 1. The predicted molar refractivity (Wildman–Crippen MR) is 118 cm³/mol. The number of aromatic hydroxyl groups is 1. The maximum atomic E-state index is 12.4. The second-order valence-electron chi connectivity index (χ2n) is 6.86. The number of fused-ring (bicyclic) bond motifs is 3. The van der Waals surface area contributed by atoms with Crippen LogP contribution in [0.5, 0.6) is 5.88 Å². The molecule has 146 valence electrons. The van der Waals surface area contributed by atoms with Gasteiger partial charge in [-0.1, -0.05) is 40.2 Å². The summed E-state index contributed by atoms with van der Waals surface area (Å²) in [7, 11) is 0. The van der Waals surface area contributed by atoms with Crippen LogP contribution < -0.4 is 21.8 Å². The highest BCUT2D eigenvalue weighted by Gasteiger charge is 2.15. The van der Waals surface area contributed by atoms with Gasteiger partial charge in [-0.3, -0.25) is 9.78 Å². The van der Waals surface area contributed by atoms with E-state index in [9.17, 15) is 14.7 Å². The first-order valence-corrected chi connectivity index (χ1v) is 9.95. The summed E-state index contributed by atoms with van der Waals surface area (Å²) in [4.78, 5) is 31.7. The first kappa shape index (κ1) is 18.3. The van der Waals surface area contributed by atoms with Crippen LogP contribution in [-0.4, -0.2) is 14.7 Å². The van der Waals surface area contributed by atoms with Gasteiger partial charge in [0.05, 0.1) is 16.7 Å². The Balaban J connectivity index is 1.70. The van der Waals surface area contributed by atoms with E-state index in [1.165, 1.54) is 0 Å². The van der Waals surface area contributed by atoms with Crippen molar-refractivity contribution in [3.63, 3.8) is 0 Å². The summed E-state index contributed by atoms with van der Waals surface area (Å²) in [6, 6.07) is 20.3. The molecule has 0 spiro atoms. The third-order valence-electron chi connectivity index (χ3n) is 4.97. The Morgan fingerprint density at radius 2 is 1.73 bits per heavy atom. The molecular formula is C23H14BrN3O3. The third-order valence-corrected chi connectivity index (χ3v) is 5.50. The topological polar surface area (TPSA) is 87.5 Å². The Morgan fingerprint density at radius 1 is 0.967 bits per heavy atom. The van der Waals surface area contributed by atoms with E-state index in [1.807, 2.05) is 42.5 Å². The second kappa shape index (κ2) is 6.96. The van der Waals surface area contributed by atoms with Gasteiger partial charge < -0.3 is 5.11 Å². The van der Waals surface area contributed by atoms with E-state index in [1.54, 1.807) is 30.3 Å². The normalized spacial score (nSPS) is 12.4. The van der Waals surface area contributed by atoms with Crippen LogP contribution in [0.25, 0.3) is 22.9 Å². The third kappa shape index (κ3) is 3.00. The van der Waals surface area contributed by atoms with E-state index in [0.717, 1.165) is 31.2 Å². The molecular weight excluding hydrogens is 446 g/mol. The van der Waals surface area contributed by atoms with Crippen molar-refractivity contribution >= 4 is 27.7 Å². The van der Waals surface area contributed by atoms with E-state index in [2.05, 4.69) is 25.9 Å². The van der Waals surface area contributed by atoms with Crippen LogP contribution in [0.15, 0.2) is 85.8 Å². The molecule has 0 atom stereocenters. The van der Waals surface area contributed by atoms with E-state index < -0.39 is 17.1 Å². The predicted octanol–water partition coefficient (Wildman–Crippen LogP) is 2.75. The molecule has 0 saturated heterocycles. The number of para-hydroxylation sites is 1. The molecule has 5 rings (SSSR count). The van der Waals surface area contributed by atoms with Crippen LogP contribution in [0.1, 0.15) is 5.56 Å². The molecule has 0 aliphatic carbocycles. The molecule has 0 unspecified atom stereocenters. The lowest BCUT2D eigenvalue weighted by molar-refractivity contribution is 0.429. The zero-order valence-corrected chi connectivity index (χ0v) is 17.1. The number of nitrogens with zero attached hydrogens (tertiary/aromatic N) is 2. The van der Waals surface area contributed by atoms with Gasteiger partial charge in [0, 0.05) is 15.6 Å². The van der Waals surface area contributed by atoms with Crippen molar-refractivity contribution < 1.29 is 5.11 Å². The minimum absolute atomic E-state index is 0.000639. The molecule has 7 heteroatoms. The van der Waals surface area contributed by atoms with Gasteiger partial charge in [-0.25, -0.2) is 14.4 Å². The van der Waals surface area contributed by atoms with Gasteiger partial charge in [-0.2, -0.15) is 0 Å². The summed E-state index contributed by atoms with van der Waals surface area (Å²) >= 11 is 3.34. The van der Waals surface area contributed by atoms with Gasteiger partial charge in [0.1, 0.15) is 5.56 Å². The molecule has 0 amide bonds. The van der Waals surface area contributed by atoms with Crippen LogP contribution in [0, 0.1) is 0 Å². The number of rotatable bonds is 2. The standard InChI is InChI=1S/C23H14BrN3O3/c24-14-6-8-15(9-7-14)27-22(29)18(21(28)26-23(27)30)12-13-5-10-20-17(11-13)16-3-1-2-4-19(16)25-20/h1-12,29H,(H,26,28,30). The van der Waals surface area contributed by atoms with Gasteiger partial charge in [0.15, 0.2) is 0 Å². The van der Waals surface area contributed by atoms with Gasteiger partial charge in [0.25, 0.3) is 5.56 Å². The van der Waals surface area contributed by atoms with Crippen molar-refractivity contribution in [1.82, 2.24) is 9.55 Å². The molecule has 1 aliphatic heterocycles. The molecule has 1 aromatic heterocycles. The Kier molecular flexibility index (Phi) is 4.25. The highest BCUT2D eigenvalue weighted by atomic mass is 79.9. The Morgan fingerprint density at radius 3 is 2.53 bits per heavy atom. The number of H-pyrrole nitrogens is 1. The van der Waals surface area contributed by atoms with Crippen molar-refractivity contribution in [3.05, 3.63) is 108 Å². The van der Waals surface area contributed by atoms with Gasteiger partial charge in [0.2, 0.25) is 5.88 Å². The van der Waals surface area contributed by atoms with E-state index in [4.69, 9.17) is 0 Å². The Bertz CT molecular complexity index is 1550. The Labute approximate surface area is 178 Å². The highest BCUT2D eigenvalue weighted by molar-refractivity contribution is 9.10. The number of nitrogens with one attached hydrogen (secondary N) is 1. The van der Waals surface area contributed by atoms with Crippen molar-refractivity contribution in [2.24, 2.45) is 4.99 Å².